The third-order valence-electron chi connectivity index (χ3n) is 2.84. The van der Waals surface area contributed by atoms with Gasteiger partial charge >= 0.3 is 5.97 Å². The normalized spacial score (nSPS) is 29.0. The summed E-state index contributed by atoms with van der Waals surface area (Å²) in [7, 11) is 0. The molecule has 0 aromatic heterocycles. The van der Waals surface area contributed by atoms with E-state index in [9.17, 15) is 4.79 Å². The van der Waals surface area contributed by atoms with Gasteiger partial charge in [0.2, 0.25) is 0 Å². The van der Waals surface area contributed by atoms with E-state index in [2.05, 4.69) is 18.1 Å². The Morgan fingerprint density at radius 3 is 2.93 bits per heavy atom. The summed E-state index contributed by atoms with van der Waals surface area (Å²) in [5.41, 5.74) is 0. The maximum Gasteiger partial charge on any atom is 0.320 e. The fourth-order valence-electron chi connectivity index (χ4n) is 1.92. The highest BCUT2D eigenvalue weighted by molar-refractivity contribution is 7.98. The van der Waals surface area contributed by atoms with Gasteiger partial charge in [-0.1, -0.05) is 6.92 Å². The standard InChI is InChI=1S/C10H19NO2S/c1-8-3-4-11(5-6-14-2)9(7-8)10(12)13/h8-9H,3-7H2,1-2H3,(H,12,13). The van der Waals surface area contributed by atoms with Gasteiger partial charge in [-0.25, -0.2) is 0 Å². The van der Waals surface area contributed by atoms with Crippen LogP contribution in [0.4, 0.5) is 0 Å². The number of likely N-dealkylation sites (tertiary alicyclic amines) is 1. The first-order chi connectivity index (χ1) is 6.65. The number of nitrogens with zero attached hydrogens (tertiary/aromatic N) is 1. The van der Waals surface area contributed by atoms with Crippen molar-refractivity contribution >= 4 is 17.7 Å². The smallest absolute Gasteiger partial charge is 0.320 e. The van der Waals surface area contributed by atoms with Crippen molar-refractivity contribution in [2.75, 3.05) is 25.1 Å². The van der Waals surface area contributed by atoms with Crippen molar-refractivity contribution < 1.29 is 9.90 Å². The molecule has 1 N–H and O–H groups in total. The van der Waals surface area contributed by atoms with Gasteiger partial charge in [0.05, 0.1) is 0 Å². The van der Waals surface area contributed by atoms with Gasteiger partial charge in [-0.15, -0.1) is 0 Å². The highest BCUT2D eigenvalue weighted by atomic mass is 32.2. The molecule has 1 heterocycles. The first-order valence-corrected chi connectivity index (χ1v) is 6.50. The van der Waals surface area contributed by atoms with Crippen LogP contribution in [0.25, 0.3) is 0 Å². The van der Waals surface area contributed by atoms with Gasteiger partial charge in [0.1, 0.15) is 6.04 Å². The molecule has 82 valence electrons. The number of carboxylic acid groups (broad SMARTS) is 1. The molecule has 1 fully saturated rings. The molecule has 2 atom stereocenters. The Kier molecular flexibility index (Phi) is 4.75. The Morgan fingerprint density at radius 2 is 2.36 bits per heavy atom. The zero-order chi connectivity index (χ0) is 10.6. The summed E-state index contributed by atoms with van der Waals surface area (Å²) in [5, 5.41) is 9.08. The fourth-order valence-corrected chi connectivity index (χ4v) is 2.34. The van der Waals surface area contributed by atoms with Gasteiger partial charge < -0.3 is 5.11 Å². The lowest BCUT2D eigenvalue weighted by Crippen LogP contribution is -2.47. The van der Waals surface area contributed by atoms with Crippen molar-refractivity contribution in [3.8, 4) is 0 Å². The second-order valence-corrected chi connectivity index (χ2v) is 5.00. The highest BCUT2D eigenvalue weighted by Gasteiger charge is 2.30. The molecule has 0 radical (unpaired) electrons. The quantitative estimate of drug-likeness (QED) is 0.775. The van der Waals surface area contributed by atoms with Crippen molar-refractivity contribution in [1.82, 2.24) is 4.90 Å². The molecule has 1 saturated heterocycles. The van der Waals surface area contributed by atoms with Crippen LogP contribution in [0.1, 0.15) is 19.8 Å². The molecule has 0 aromatic carbocycles. The lowest BCUT2D eigenvalue weighted by Gasteiger charge is -2.35. The summed E-state index contributed by atoms with van der Waals surface area (Å²) in [6.45, 7) is 3.99. The predicted octanol–water partition coefficient (Wildman–Crippen LogP) is 1.53. The predicted molar refractivity (Wildman–Crippen MR) is 59.8 cm³/mol. The Balaban J connectivity index is 2.49. The van der Waals surface area contributed by atoms with Crippen LogP contribution in [-0.2, 0) is 4.79 Å². The maximum atomic E-state index is 11.0. The van der Waals surface area contributed by atoms with E-state index < -0.39 is 5.97 Å². The van der Waals surface area contributed by atoms with Gasteiger partial charge in [0.15, 0.2) is 0 Å². The van der Waals surface area contributed by atoms with Crippen molar-refractivity contribution in [1.29, 1.82) is 0 Å². The minimum absolute atomic E-state index is 0.245. The Hall–Kier alpha value is -0.220. The summed E-state index contributed by atoms with van der Waals surface area (Å²) in [4.78, 5) is 13.1. The SMILES string of the molecule is CSCCN1CCC(C)CC1C(=O)O. The fraction of sp³-hybridized carbons (Fsp3) is 0.900. The lowest BCUT2D eigenvalue weighted by atomic mass is 9.92. The largest absolute Gasteiger partial charge is 0.480 e. The van der Waals surface area contributed by atoms with Gasteiger partial charge in [-0.3, -0.25) is 9.69 Å². The Labute approximate surface area is 89.9 Å². The Bertz CT molecular complexity index is 197. The number of thioether (sulfide) groups is 1. The van der Waals surface area contributed by atoms with E-state index in [1.54, 1.807) is 11.8 Å². The van der Waals surface area contributed by atoms with Crippen molar-refractivity contribution in [3.05, 3.63) is 0 Å². The van der Waals surface area contributed by atoms with Crippen LogP contribution < -0.4 is 0 Å². The second-order valence-electron chi connectivity index (χ2n) is 4.01. The van der Waals surface area contributed by atoms with Gasteiger partial charge in [0.25, 0.3) is 0 Å². The van der Waals surface area contributed by atoms with E-state index in [0.717, 1.165) is 31.7 Å². The third kappa shape index (κ3) is 3.17. The average molecular weight is 217 g/mol. The van der Waals surface area contributed by atoms with E-state index in [1.807, 2.05) is 0 Å². The van der Waals surface area contributed by atoms with Crippen molar-refractivity contribution in [2.24, 2.45) is 5.92 Å². The molecule has 1 rings (SSSR count). The van der Waals surface area contributed by atoms with Crippen LogP contribution in [-0.4, -0.2) is 47.1 Å². The topological polar surface area (TPSA) is 40.5 Å². The number of piperidine rings is 1. The average Bonchev–Trinajstić information content (AvgIpc) is 2.15. The maximum absolute atomic E-state index is 11.0. The molecule has 2 unspecified atom stereocenters. The number of hydrogen-bond acceptors (Lipinski definition) is 3. The minimum atomic E-state index is -0.655. The molecule has 0 bridgehead atoms. The number of aliphatic carboxylic acids is 1. The van der Waals surface area contributed by atoms with Crippen molar-refractivity contribution in [3.63, 3.8) is 0 Å². The molecule has 1 aliphatic heterocycles. The zero-order valence-electron chi connectivity index (χ0n) is 8.90. The minimum Gasteiger partial charge on any atom is -0.480 e. The molecule has 0 aromatic rings. The van der Waals surface area contributed by atoms with Crippen LogP contribution in [0.15, 0.2) is 0 Å². The van der Waals surface area contributed by atoms with Crippen LogP contribution >= 0.6 is 11.8 Å². The van der Waals surface area contributed by atoms with Crippen LogP contribution in [0.5, 0.6) is 0 Å². The summed E-state index contributed by atoms with van der Waals surface area (Å²) >= 11 is 1.78. The van der Waals surface area contributed by atoms with E-state index in [1.165, 1.54) is 0 Å². The molecule has 3 nitrogen and oxygen atoms in total. The van der Waals surface area contributed by atoms with E-state index >= 15 is 0 Å². The van der Waals surface area contributed by atoms with E-state index in [-0.39, 0.29) is 6.04 Å². The number of carboxylic acids is 1. The first kappa shape index (κ1) is 11.9. The Morgan fingerprint density at radius 1 is 1.64 bits per heavy atom. The second kappa shape index (κ2) is 5.61. The number of carbonyl (C=O) groups is 1. The van der Waals surface area contributed by atoms with Crippen LogP contribution in [0.2, 0.25) is 0 Å². The van der Waals surface area contributed by atoms with Crippen LogP contribution in [0.3, 0.4) is 0 Å². The molecule has 4 heteroatoms. The summed E-state index contributed by atoms with van der Waals surface area (Å²) < 4.78 is 0. The molecular weight excluding hydrogens is 198 g/mol. The van der Waals surface area contributed by atoms with E-state index in [0.29, 0.717) is 5.92 Å². The molecular formula is C10H19NO2S. The molecule has 0 aliphatic carbocycles. The molecule has 14 heavy (non-hydrogen) atoms. The zero-order valence-corrected chi connectivity index (χ0v) is 9.72. The lowest BCUT2D eigenvalue weighted by molar-refractivity contribution is -0.145. The summed E-state index contributed by atoms with van der Waals surface area (Å²) in [5.74, 6) is 0.928. The number of hydrogen-bond donors (Lipinski definition) is 1. The van der Waals surface area contributed by atoms with Crippen LogP contribution in [0, 0.1) is 5.92 Å². The van der Waals surface area contributed by atoms with Gasteiger partial charge in [0, 0.05) is 12.3 Å². The van der Waals surface area contributed by atoms with Crippen molar-refractivity contribution in [2.45, 2.75) is 25.8 Å². The monoisotopic (exact) mass is 217 g/mol. The summed E-state index contributed by atoms with van der Waals surface area (Å²) in [6.07, 6.45) is 4.00. The first-order valence-electron chi connectivity index (χ1n) is 5.11. The number of rotatable bonds is 4. The van der Waals surface area contributed by atoms with E-state index in [4.69, 9.17) is 5.11 Å². The molecule has 1 aliphatic rings. The molecule has 0 saturated carbocycles. The molecule has 0 amide bonds. The summed E-state index contributed by atoms with van der Waals surface area (Å²) in [6, 6.07) is -0.245. The third-order valence-corrected chi connectivity index (χ3v) is 3.43. The molecule has 0 spiro atoms. The highest BCUT2D eigenvalue weighted by Crippen LogP contribution is 2.22. The van der Waals surface area contributed by atoms with Gasteiger partial charge in [-0.2, -0.15) is 11.8 Å². The van der Waals surface area contributed by atoms with Gasteiger partial charge in [-0.05, 0) is 31.6 Å².